The van der Waals surface area contributed by atoms with Crippen LogP contribution >= 0.6 is 0 Å². The molecule has 1 aromatic heterocycles. The molecule has 1 aliphatic rings. The number of hydrogen-bond donors (Lipinski definition) is 3. The monoisotopic (exact) mass is 496 g/mol. The summed E-state index contributed by atoms with van der Waals surface area (Å²) in [5.74, 6) is -0.0730. The van der Waals surface area contributed by atoms with Crippen LogP contribution in [0.15, 0.2) is 79.0 Å². The number of fused-ring (bicyclic) bond motifs is 2. The zero-order valence-corrected chi connectivity index (χ0v) is 20.5. The molecule has 5 rings (SSSR count). The number of benzene rings is 3. The highest BCUT2D eigenvalue weighted by atomic mass is 16.5. The van der Waals surface area contributed by atoms with Gasteiger partial charge in [-0.05, 0) is 41.5 Å². The van der Waals surface area contributed by atoms with Crippen LogP contribution in [-0.4, -0.2) is 42.9 Å². The van der Waals surface area contributed by atoms with E-state index in [-0.39, 0.29) is 43.0 Å². The van der Waals surface area contributed by atoms with Gasteiger partial charge in [0.05, 0.1) is 18.5 Å². The van der Waals surface area contributed by atoms with Crippen molar-refractivity contribution in [2.45, 2.75) is 18.8 Å². The lowest BCUT2D eigenvalue weighted by molar-refractivity contribution is -0.125. The summed E-state index contributed by atoms with van der Waals surface area (Å²) < 4.78 is 5.30. The summed E-state index contributed by atoms with van der Waals surface area (Å²) >= 11 is 0. The highest BCUT2D eigenvalue weighted by molar-refractivity contribution is 6.10. The summed E-state index contributed by atoms with van der Waals surface area (Å²) in [4.78, 5) is 42.5. The molecule has 3 amide bonds. The third-order valence-corrected chi connectivity index (χ3v) is 6.66. The highest BCUT2D eigenvalue weighted by Crippen LogP contribution is 2.32. The lowest BCUT2D eigenvalue weighted by Crippen LogP contribution is -2.42. The number of carbonyl (C=O) groups excluding carboxylic acids is 3. The third-order valence-electron chi connectivity index (χ3n) is 6.66. The summed E-state index contributed by atoms with van der Waals surface area (Å²) in [6, 6.07) is 23.0. The Balaban J connectivity index is 1.27. The van der Waals surface area contributed by atoms with Gasteiger partial charge < -0.3 is 25.3 Å². The Morgan fingerprint density at radius 3 is 2.57 bits per heavy atom. The average molecular weight is 497 g/mol. The van der Waals surface area contributed by atoms with Crippen molar-refractivity contribution in [3.05, 3.63) is 90.1 Å². The van der Waals surface area contributed by atoms with E-state index in [1.807, 2.05) is 54.7 Å². The maximum absolute atomic E-state index is 12.9. The molecule has 3 N–H and O–H groups in total. The fourth-order valence-electron chi connectivity index (χ4n) is 4.74. The zero-order valence-electron chi connectivity index (χ0n) is 20.5. The van der Waals surface area contributed by atoms with Crippen LogP contribution in [0.2, 0.25) is 0 Å². The molecule has 0 aliphatic carbocycles. The predicted molar refractivity (Wildman–Crippen MR) is 143 cm³/mol. The van der Waals surface area contributed by atoms with Crippen molar-refractivity contribution in [1.29, 1.82) is 0 Å². The van der Waals surface area contributed by atoms with E-state index in [1.165, 1.54) is 4.90 Å². The molecule has 4 aromatic rings. The predicted octanol–water partition coefficient (Wildman–Crippen LogP) is 4.19. The minimum atomic E-state index is -0.263. The van der Waals surface area contributed by atoms with Gasteiger partial charge >= 0.3 is 0 Å². The number of nitrogens with one attached hydrogen (secondary N) is 3. The van der Waals surface area contributed by atoms with E-state index >= 15 is 0 Å². The fraction of sp³-hybridized carbons (Fsp3) is 0.207. The van der Waals surface area contributed by atoms with E-state index in [2.05, 4.69) is 21.7 Å². The Bertz CT molecular complexity index is 1440. The molecule has 1 unspecified atom stereocenters. The number of rotatable bonds is 8. The van der Waals surface area contributed by atoms with Gasteiger partial charge in [0.15, 0.2) is 0 Å². The molecule has 1 aliphatic heterocycles. The number of para-hydroxylation sites is 3. The van der Waals surface area contributed by atoms with Crippen molar-refractivity contribution in [3.8, 4) is 5.75 Å². The lowest BCUT2D eigenvalue weighted by atomic mass is 9.90. The van der Waals surface area contributed by atoms with Gasteiger partial charge in [0.25, 0.3) is 0 Å². The summed E-state index contributed by atoms with van der Waals surface area (Å²) in [7, 11) is 1.63. The minimum Gasteiger partial charge on any atom is -0.497 e. The topological polar surface area (TPSA) is 104 Å². The van der Waals surface area contributed by atoms with Gasteiger partial charge in [-0.15, -0.1) is 0 Å². The number of H-pyrrole nitrogens is 1. The SMILES string of the molecule is COc1ccc(C(CNC(=O)CCC(=O)N2CC(=O)Nc3ccccc32)c2c[nH]c3ccccc23)cc1. The van der Waals surface area contributed by atoms with Gasteiger partial charge in [-0.1, -0.05) is 42.5 Å². The Kier molecular flexibility index (Phi) is 6.89. The molecular weight excluding hydrogens is 468 g/mol. The van der Waals surface area contributed by atoms with E-state index < -0.39 is 0 Å². The summed E-state index contributed by atoms with van der Waals surface area (Å²) in [5, 5.41) is 6.88. The second-order valence-electron chi connectivity index (χ2n) is 8.96. The van der Waals surface area contributed by atoms with Crippen LogP contribution in [0.3, 0.4) is 0 Å². The number of aromatic nitrogens is 1. The number of carbonyl (C=O) groups is 3. The molecule has 2 heterocycles. The maximum atomic E-state index is 12.9. The van der Waals surface area contributed by atoms with Crippen molar-refractivity contribution in [3.63, 3.8) is 0 Å². The molecule has 1 atom stereocenters. The van der Waals surface area contributed by atoms with E-state index in [0.29, 0.717) is 17.9 Å². The average Bonchev–Trinajstić information content (AvgIpc) is 3.35. The van der Waals surface area contributed by atoms with Gasteiger partial charge in [-0.3, -0.25) is 14.4 Å². The quantitative estimate of drug-likeness (QED) is 0.340. The molecule has 0 saturated carbocycles. The van der Waals surface area contributed by atoms with Crippen LogP contribution in [0.4, 0.5) is 11.4 Å². The van der Waals surface area contributed by atoms with Crippen LogP contribution in [0.1, 0.15) is 29.9 Å². The second kappa shape index (κ2) is 10.6. The van der Waals surface area contributed by atoms with E-state index in [0.717, 1.165) is 27.8 Å². The molecule has 8 heteroatoms. The summed E-state index contributed by atoms with van der Waals surface area (Å²) in [5.41, 5.74) is 4.38. The van der Waals surface area contributed by atoms with Crippen molar-refractivity contribution < 1.29 is 19.1 Å². The van der Waals surface area contributed by atoms with Crippen LogP contribution in [-0.2, 0) is 14.4 Å². The Hall–Kier alpha value is -4.59. The van der Waals surface area contributed by atoms with E-state index in [9.17, 15) is 14.4 Å². The number of amides is 3. The molecular formula is C29H28N4O4. The second-order valence-corrected chi connectivity index (χ2v) is 8.96. The number of anilines is 2. The number of nitrogens with zero attached hydrogens (tertiary/aromatic N) is 1. The van der Waals surface area contributed by atoms with Gasteiger partial charge in [-0.2, -0.15) is 0 Å². The number of hydrogen-bond acceptors (Lipinski definition) is 4. The number of ether oxygens (including phenoxy) is 1. The fourth-order valence-corrected chi connectivity index (χ4v) is 4.74. The number of aromatic amines is 1. The first-order valence-corrected chi connectivity index (χ1v) is 12.2. The van der Waals surface area contributed by atoms with Gasteiger partial charge in [-0.25, -0.2) is 0 Å². The summed E-state index contributed by atoms with van der Waals surface area (Å²) in [6.07, 6.45) is 2.02. The van der Waals surface area contributed by atoms with Gasteiger partial charge in [0.1, 0.15) is 12.3 Å². The first kappa shape index (κ1) is 24.1. The standard InChI is InChI=1S/C29H28N4O4/c1-37-20-12-10-19(11-13-20)22(23-17-30-24-7-3-2-6-21(23)24)16-31-27(34)14-15-29(36)33-18-28(35)32-25-8-4-5-9-26(25)33/h2-13,17,22,30H,14-16,18H2,1H3,(H,31,34)(H,32,35). The van der Waals surface area contributed by atoms with Crippen LogP contribution in [0, 0.1) is 0 Å². The normalized spacial score (nSPS) is 13.5. The van der Waals surface area contributed by atoms with Crippen molar-refractivity contribution in [1.82, 2.24) is 10.3 Å². The van der Waals surface area contributed by atoms with Gasteiger partial charge in [0, 0.05) is 42.4 Å². The van der Waals surface area contributed by atoms with Crippen LogP contribution in [0.25, 0.3) is 10.9 Å². The van der Waals surface area contributed by atoms with Crippen molar-refractivity contribution in [2.75, 3.05) is 30.4 Å². The zero-order chi connectivity index (χ0) is 25.8. The van der Waals surface area contributed by atoms with Crippen LogP contribution in [0.5, 0.6) is 5.75 Å². The molecule has 3 aromatic carbocycles. The molecule has 0 saturated heterocycles. The Morgan fingerprint density at radius 1 is 1.00 bits per heavy atom. The van der Waals surface area contributed by atoms with Crippen LogP contribution < -0.4 is 20.3 Å². The largest absolute Gasteiger partial charge is 0.497 e. The molecule has 37 heavy (non-hydrogen) atoms. The van der Waals surface area contributed by atoms with Gasteiger partial charge in [0.2, 0.25) is 17.7 Å². The Morgan fingerprint density at radius 2 is 1.76 bits per heavy atom. The Labute approximate surface area is 214 Å². The van der Waals surface area contributed by atoms with Crippen molar-refractivity contribution >= 4 is 40.0 Å². The number of methoxy groups -OCH3 is 1. The molecule has 0 bridgehead atoms. The maximum Gasteiger partial charge on any atom is 0.244 e. The molecule has 0 spiro atoms. The molecule has 188 valence electrons. The highest BCUT2D eigenvalue weighted by Gasteiger charge is 2.27. The minimum absolute atomic E-state index is 0.00767. The smallest absolute Gasteiger partial charge is 0.244 e. The van der Waals surface area contributed by atoms with E-state index in [4.69, 9.17) is 4.74 Å². The molecule has 0 fully saturated rings. The lowest BCUT2D eigenvalue weighted by Gasteiger charge is -2.29. The molecule has 0 radical (unpaired) electrons. The first-order valence-electron chi connectivity index (χ1n) is 12.2. The third kappa shape index (κ3) is 5.18. The van der Waals surface area contributed by atoms with Crippen molar-refractivity contribution in [2.24, 2.45) is 0 Å². The summed E-state index contributed by atoms with van der Waals surface area (Å²) in [6.45, 7) is 0.313. The van der Waals surface area contributed by atoms with E-state index in [1.54, 1.807) is 25.3 Å². The first-order chi connectivity index (χ1) is 18.0. The molecule has 8 nitrogen and oxygen atoms in total.